The summed E-state index contributed by atoms with van der Waals surface area (Å²) in [5.41, 5.74) is 1.54. The molecule has 0 bridgehead atoms. The van der Waals surface area contributed by atoms with Gasteiger partial charge in [0.2, 0.25) is 5.91 Å². The number of fused-ring (bicyclic) bond motifs is 1. The molecule has 142 valence electrons. The Kier molecular flexibility index (Phi) is 5.25. The third-order valence-electron chi connectivity index (χ3n) is 4.38. The molecule has 1 saturated heterocycles. The topological polar surface area (TPSA) is 85.1 Å². The van der Waals surface area contributed by atoms with E-state index in [0.29, 0.717) is 21.7 Å². The van der Waals surface area contributed by atoms with Crippen LogP contribution in [0.4, 0.5) is 10.5 Å². The zero-order valence-corrected chi connectivity index (χ0v) is 16.9. The SMILES string of the molecule is Cc1ccc(NC(=O)CSC2=NC3C(=O)N(C)C(=O)N(C)C3=[N+]2C)cc1Cl. The number of amidine groups is 2. The number of likely N-dealkylation sites (N-methyl/N-ethyl adjacent to an activating group) is 2. The normalized spacial score (nSPS) is 19.4. The monoisotopic (exact) mass is 408 g/mol. The van der Waals surface area contributed by atoms with Gasteiger partial charge in [-0.15, -0.1) is 4.99 Å². The van der Waals surface area contributed by atoms with Gasteiger partial charge < -0.3 is 5.32 Å². The van der Waals surface area contributed by atoms with Crippen LogP contribution in [0.25, 0.3) is 0 Å². The number of aliphatic imine (C=N–C) groups is 1. The van der Waals surface area contributed by atoms with Crippen LogP contribution in [-0.4, -0.2) is 76.2 Å². The number of aryl methyl sites for hydroxylation is 1. The van der Waals surface area contributed by atoms with E-state index in [-0.39, 0.29) is 17.6 Å². The Morgan fingerprint density at radius 1 is 1.33 bits per heavy atom. The summed E-state index contributed by atoms with van der Waals surface area (Å²) in [6, 6.07) is 4.13. The lowest BCUT2D eigenvalue weighted by Crippen LogP contribution is -2.59. The number of carbonyl (C=O) groups excluding carboxylic acids is 3. The zero-order valence-electron chi connectivity index (χ0n) is 15.3. The van der Waals surface area contributed by atoms with Crippen molar-refractivity contribution in [1.29, 1.82) is 0 Å². The molecule has 2 aliphatic rings. The lowest BCUT2D eigenvalue weighted by molar-refractivity contribution is -0.367. The Hall–Kier alpha value is -2.39. The van der Waals surface area contributed by atoms with Crippen LogP contribution in [0.15, 0.2) is 23.2 Å². The molecule has 1 aromatic rings. The molecule has 1 fully saturated rings. The van der Waals surface area contributed by atoms with E-state index >= 15 is 0 Å². The Balaban J connectivity index is 1.68. The molecule has 3 rings (SSSR count). The number of amides is 4. The minimum absolute atomic E-state index is 0.107. The number of benzene rings is 1. The summed E-state index contributed by atoms with van der Waals surface area (Å²) in [6.07, 6.45) is 0. The molecule has 27 heavy (non-hydrogen) atoms. The number of hydrogen-bond donors (Lipinski definition) is 1. The highest BCUT2D eigenvalue weighted by Gasteiger charge is 2.51. The average molecular weight is 409 g/mol. The number of rotatable bonds is 3. The van der Waals surface area contributed by atoms with Gasteiger partial charge in [-0.05, 0) is 36.4 Å². The van der Waals surface area contributed by atoms with Crippen LogP contribution in [0, 0.1) is 6.92 Å². The number of carbonyl (C=O) groups is 3. The minimum Gasteiger partial charge on any atom is -0.325 e. The first-order valence-electron chi connectivity index (χ1n) is 8.13. The Labute approximate surface area is 165 Å². The summed E-state index contributed by atoms with van der Waals surface area (Å²) in [5, 5.41) is 3.87. The number of nitrogens with zero attached hydrogens (tertiary/aromatic N) is 4. The van der Waals surface area contributed by atoms with Crippen LogP contribution in [0.5, 0.6) is 0 Å². The van der Waals surface area contributed by atoms with Gasteiger partial charge in [-0.3, -0.25) is 14.5 Å². The number of imide groups is 1. The molecule has 8 nitrogen and oxygen atoms in total. The quantitative estimate of drug-likeness (QED) is 0.770. The molecule has 2 aliphatic heterocycles. The lowest BCUT2D eigenvalue weighted by Gasteiger charge is -2.27. The number of halogens is 1. The van der Waals surface area contributed by atoms with Crippen LogP contribution >= 0.6 is 23.4 Å². The van der Waals surface area contributed by atoms with Gasteiger partial charge in [0.05, 0.1) is 19.8 Å². The maximum Gasteiger partial charge on any atom is 0.388 e. The van der Waals surface area contributed by atoms with E-state index < -0.39 is 12.1 Å². The van der Waals surface area contributed by atoms with Crippen LogP contribution in [0.1, 0.15) is 5.56 Å². The van der Waals surface area contributed by atoms with E-state index in [9.17, 15) is 14.4 Å². The molecular weight excluding hydrogens is 390 g/mol. The molecule has 1 atom stereocenters. The van der Waals surface area contributed by atoms with E-state index in [1.807, 2.05) is 13.0 Å². The number of anilines is 1. The predicted octanol–water partition coefficient (Wildman–Crippen LogP) is 1.62. The van der Waals surface area contributed by atoms with Crippen molar-refractivity contribution in [3.8, 4) is 0 Å². The second-order valence-electron chi connectivity index (χ2n) is 6.27. The van der Waals surface area contributed by atoms with Crippen molar-refractivity contribution < 1.29 is 19.0 Å². The number of thioether (sulfide) groups is 1. The molecule has 0 radical (unpaired) electrons. The Morgan fingerprint density at radius 3 is 2.70 bits per heavy atom. The number of urea groups is 1. The Bertz CT molecular complexity index is 914. The highest BCUT2D eigenvalue weighted by atomic mass is 35.5. The summed E-state index contributed by atoms with van der Waals surface area (Å²) in [7, 11) is 4.75. The number of nitrogens with one attached hydrogen (secondary N) is 1. The maximum atomic E-state index is 12.3. The molecule has 1 N–H and O–H groups in total. The van der Waals surface area contributed by atoms with Gasteiger partial charge in [0.1, 0.15) is 0 Å². The van der Waals surface area contributed by atoms with Gasteiger partial charge in [0.25, 0.3) is 23.0 Å². The zero-order chi connectivity index (χ0) is 19.9. The molecule has 1 aromatic carbocycles. The van der Waals surface area contributed by atoms with Gasteiger partial charge in [-0.1, -0.05) is 17.7 Å². The van der Waals surface area contributed by atoms with Crippen LogP contribution in [0.3, 0.4) is 0 Å². The van der Waals surface area contributed by atoms with Crippen LogP contribution in [-0.2, 0) is 9.59 Å². The maximum absolute atomic E-state index is 12.3. The van der Waals surface area contributed by atoms with E-state index in [2.05, 4.69) is 10.3 Å². The van der Waals surface area contributed by atoms with Gasteiger partial charge in [-0.2, -0.15) is 0 Å². The van der Waals surface area contributed by atoms with Gasteiger partial charge in [0.15, 0.2) is 0 Å². The summed E-state index contributed by atoms with van der Waals surface area (Å²) in [6.45, 7) is 1.88. The fourth-order valence-corrected chi connectivity index (χ4v) is 3.82. The summed E-state index contributed by atoms with van der Waals surface area (Å²) in [5.74, 6) is 0.00508. The highest BCUT2D eigenvalue weighted by Crippen LogP contribution is 2.23. The smallest absolute Gasteiger partial charge is 0.325 e. The van der Waals surface area contributed by atoms with E-state index in [1.54, 1.807) is 30.8 Å². The second-order valence-corrected chi connectivity index (χ2v) is 7.62. The third kappa shape index (κ3) is 3.57. The predicted molar refractivity (Wildman–Crippen MR) is 106 cm³/mol. The lowest BCUT2D eigenvalue weighted by atomic mass is 10.2. The summed E-state index contributed by atoms with van der Waals surface area (Å²) < 4.78 is 1.67. The molecule has 0 aromatic heterocycles. The largest absolute Gasteiger partial charge is 0.388 e. The minimum atomic E-state index is -0.760. The van der Waals surface area contributed by atoms with Gasteiger partial charge in [-0.25, -0.2) is 14.3 Å². The Morgan fingerprint density at radius 2 is 2.04 bits per heavy atom. The molecular formula is C17H19ClN5O3S+. The molecule has 0 aliphatic carbocycles. The van der Waals surface area contributed by atoms with E-state index in [4.69, 9.17) is 11.6 Å². The fraction of sp³-hybridized carbons (Fsp3) is 0.353. The first kappa shape index (κ1) is 19.4. The first-order chi connectivity index (χ1) is 12.7. The summed E-state index contributed by atoms with van der Waals surface area (Å²) >= 11 is 7.27. The highest BCUT2D eigenvalue weighted by molar-refractivity contribution is 8.14. The second kappa shape index (κ2) is 7.32. The van der Waals surface area contributed by atoms with Crippen LogP contribution < -0.4 is 5.32 Å². The van der Waals surface area contributed by atoms with Crippen molar-refractivity contribution in [2.24, 2.45) is 4.99 Å². The third-order valence-corrected chi connectivity index (χ3v) is 5.84. The van der Waals surface area contributed by atoms with Crippen molar-refractivity contribution in [3.05, 3.63) is 28.8 Å². The summed E-state index contributed by atoms with van der Waals surface area (Å²) in [4.78, 5) is 43.5. The van der Waals surface area contributed by atoms with E-state index in [1.165, 1.54) is 23.7 Å². The van der Waals surface area contributed by atoms with Gasteiger partial charge in [0, 0.05) is 17.8 Å². The molecule has 2 heterocycles. The van der Waals surface area contributed by atoms with Crippen molar-refractivity contribution in [1.82, 2.24) is 9.80 Å². The molecule has 0 spiro atoms. The van der Waals surface area contributed by atoms with Crippen molar-refractivity contribution >= 4 is 57.9 Å². The standard InChI is InChI=1S/C17H18ClN5O3S/c1-9-5-6-10(7-11(9)18)19-12(24)8-27-16-20-13-14(21(16)2)22(3)17(26)23(4)15(13)25/h5-7,13H,8H2,1-4H3/p+1. The molecule has 4 amide bonds. The molecule has 1 unspecified atom stereocenters. The molecule has 0 saturated carbocycles. The first-order valence-corrected chi connectivity index (χ1v) is 9.49. The molecule has 10 heteroatoms. The van der Waals surface area contributed by atoms with Crippen molar-refractivity contribution in [2.45, 2.75) is 13.0 Å². The number of hydrogen-bond acceptors (Lipinski definition) is 5. The van der Waals surface area contributed by atoms with Crippen molar-refractivity contribution in [2.75, 3.05) is 32.2 Å². The van der Waals surface area contributed by atoms with E-state index in [0.717, 1.165) is 10.5 Å². The van der Waals surface area contributed by atoms with Crippen LogP contribution in [0.2, 0.25) is 5.02 Å². The van der Waals surface area contributed by atoms with Crippen molar-refractivity contribution in [3.63, 3.8) is 0 Å². The van der Waals surface area contributed by atoms with Gasteiger partial charge >= 0.3 is 6.03 Å². The fourth-order valence-electron chi connectivity index (χ4n) is 2.84. The average Bonchev–Trinajstić information content (AvgIpc) is 2.96.